The number of hydrogen-bond donors (Lipinski definition) is 1. The van der Waals surface area contributed by atoms with Crippen LogP contribution in [-0.4, -0.2) is 38.2 Å². The van der Waals surface area contributed by atoms with Crippen molar-refractivity contribution in [1.82, 2.24) is 0 Å². The van der Waals surface area contributed by atoms with Gasteiger partial charge in [0, 0.05) is 16.9 Å². The molecule has 0 fully saturated rings. The summed E-state index contributed by atoms with van der Waals surface area (Å²) in [5.74, 6) is 1.11. The number of thioether (sulfide) groups is 1. The summed E-state index contributed by atoms with van der Waals surface area (Å²) >= 11 is 1.57. The summed E-state index contributed by atoms with van der Waals surface area (Å²) in [7, 11) is 3.18. The minimum Gasteiger partial charge on any atom is -0.497 e. The van der Waals surface area contributed by atoms with E-state index in [0.29, 0.717) is 23.6 Å². The number of methoxy groups -OCH3 is 2. The van der Waals surface area contributed by atoms with Gasteiger partial charge in [-0.1, -0.05) is 17.3 Å². The zero-order chi connectivity index (χ0) is 18.5. The summed E-state index contributed by atoms with van der Waals surface area (Å²) in [6.07, 6.45) is 1.64. The molecular weight excluding hydrogens is 352 g/mol. The van der Waals surface area contributed by atoms with E-state index in [1.165, 1.54) is 0 Å². The van der Waals surface area contributed by atoms with E-state index >= 15 is 0 Å². The van der Waals surface area contributed by atoms with E-state index in [0.717, 1.165) is 16.1 Å². The first-order valence-corrected chi connectivity index (χ1v) is 9.27. The molecule has 1 amide bonds. The van der Waals surface area contributed by atoms with Crippen LogP contribution >= 0.6 is 11.8 Å². The molecule has 7 heteroatoms. The Morgan fingerprint density at radius 3 is 2.77 bits per heavy atom. The maximum Gasteiger partial charge on any atom is 0.268 e. The third-order valence-electron chi connectivity index (χ3n) is 4.04. The van der Waals surface area contributed by atoms with Crippen LogP contribution in [0, 0.1) is 0 Å². The zero-order valence-electron chi connectivity index (χ0n) is 14.8. The standard InChI is InChI=1S/C19H20N2O4S/c1-23-12-8-9-16(24-2)13(10-12)15-11-17(25-21-15)19(22)20-14-6-4-5-7-18(14)26-3/h4-10,17H,11H2,1-3H3,(H,20,22). The number of rotatable bonds is 6. The van der Waals surface area contributed by atoms with Crippen LogP contribution in [-0.2, 0) is 9.63 Å². The first-order valence-electron chi connectivity index (χ1n) is 8.05. The van der Waals surface area contributed by atoms with Gasteiger partial charge in [-0.2, -0.15) is 0 Å². The summed E-state index contributed by atoms with van der Waals surface area (Å²) in [5.41, 5.74) is 2.17. The maximum atomic E-state index is 12.6. The van der Waals surface area contributed by atoms with Gasteiger partial charge in [0.05, 0.1) is 25.6 Å². The van der Waals surface area contributed by atoms with Gasteiger partial charge in [-0.15, -0.1) is 11.8 Å². The average Bonchev–Trinajstić information content (AvgIpc) is 3.18. The lowest BCUT2D eigenvalue weighted by molar-refractivity contribution is -0.125. The van der Waals surface area contributed by atoms with E-state index in [-0.39, 0.29) is 5.91 Å². The van der Waals surface area contributed by atoms with E-state index in [9.17, 15) is 4.79 Å². The number of carbonyl (C=O) groups excluding carboxylic acids is 1. The lowest BCUT2D eigenvalue weighted by Crippen LogP contribution is -2.28. The van der Waals surface area contributed by atoms with E-state index < -0.39 is 6.10 Å². The smallest absolute Gasteiger partial charge is 0.268 e. The fourth-order valence-electron chi connectivity index (χ4n) is 2.68. The SMILES string of the molecule is COc1ccc(OC)c(C2=NOC(C(=O)Nc3ccccc3SC)C2)c1. The van der Waals surface area contributed by atoms with Gasteiger partial charge in [0.25, 0.3) is 5.91 Å². The van der Waals surface area contributed by atoms with Crippen molar-refractivity contribution in [3.05, 3.63) is 48.0 Å². The van der Waals surface area contributed by atoms with Gasteiger partial charge in [0.1, 0.15) is 11.5 Å². The molecule has 0 aliphatic carbocycles. The molecule has 2 aromatic carbocycles. The minimum absolute atomic E-state index is 0.230. The summed E-state index contributed by atoms with van der Waals surface area (Å²) in [6.45, 7) is 0. The normalized spacial score (nSPS) is 15.8. The summed E-state index contributed by atoms with van der Waals surface area (Å²) in [5, 5.41) is 7.00. The Morgan fingerprint density at radius 2 is 2.04 bits per heavy atom. The van der Waals surface area contributed by atoms with Crippen LogP contribution in [0.4, 0.5) is 5.69 Å². The van der Waals surface area contributed by atoms with E-state index in [1.54, 1.807) is 32.0 Å². The molecule has 0 saturated heterocycles. The van der Waals surface area contributed by atoms with Crippen molar-refractivity contribution < 1.29 is 19.1 Å². The molecule has 0 bridgehead atoms. The molecule has 6 nitrogen and oxygen atoms in total. The Bertz CT molecular complexity index is 838. The van der Waals surface area contributed by atoms with Gasteiger partial charge in [-0.05, 0) is 36.6 Å². The molecule has 2 aromatic rings. The summed E-state index contributed by atoms with van der Waals surface area (Å²) in [4.78, 5) is 18.9. The van der Waals surface area contributed by atoms with Crippen LogP contribution in [0.2, 0.25) is 0 Å². The molecule has 136 valence electrons. The average molecular weight is 372 g/mol. The van der Waals surface area contributed by atoms with Crippen molar-refractivity contribution in [2.75, 3.05) is 25.8 Å². The van der Waals surface area contributed by atoms with E-state index in [1.807, 2.05) is 42.7 Å². The van der Waals surface area contributed by atoms with Gasteiger partial charge in [-0.3, -0.25) is 4.79 Å². The maximum absolute atomic E-state index is 12.6. The number of benzene rings is 2. The van der Waals surface area contributed by atoms with Gasteiger partial charge in [-0.25, -0.2) is 0 Å². The highest BCUT2D eigenvalue weighted by Crippen LogP contribution is 2.30. The number of amides is 1. The van der Waals surface area contributed by atoms with Crippen LogP contribution in [0.3, 0.4) is 0 Å². The first-order chi connectivity index (χ1) is 12.7. The highest BCUT2D eigenvalue weighted by Gasteiger charge is 2.30. The van der Waals surface area contributed by atoms with Crippen molar-refractivity contribution in [1.29, 1.82) is 0 Å². The van der Waals surface area contributed by atoms with Crippen molar-refractivity contribution in [3.63, 3.8) is 0 Å². The number of carbonyl (C=O) groups is 1. The molecule has 26 heavy (non-hydrogen) atoms. The molecule has 1 aliphatic heterocycles. The Morgan fingerprint density at radius 1 is 1.23 bits per heavy atom. The third-order valence-corrected chi connectivity index (χ3v) is 4.84. The molecule has 1 atom stereocenters. The number of nitrogens with one attached hydrogen (secondary N) is 1. The number of ether oxygens (including phenoxy) is 2. The van der Waals surface area contributed by atoms with Crippen molar-refractivity contribution in [2.24, 2.45) is 5.16 Å². The molecular formula is C19H20N2O4S. The van der Waals surface area contributed by atoms with Crippen molar-refractivity contribution in [3.8, 4) is 11.5 Å². The van der Waals surface area contributed by atoms with Gasteiger partial charge in [0.15, 0.2) is 0 Å². The van der Waals surface area contributed by atoms with Crippen LogP contribution in [0.25, 0.3) is 0 Å². The molecule has 1 heterocycles. The number of nitrogens with zero attached hydrogens (tertiary/aromatic N) is 1. The lowest BCUT2D eigenvalue weighted by atomic mass is 10.0. The molecule has 0 spiro atoms. The first kappa shape index (κ1) is 18.1. The fourth-order valence-corrected chi connectivity index (χ4v) is 3.23. The Labute approximate surface area is 156 Å². The molecule has 0 radical (unpaired) electrons. The second-order valence-electron chi connectivity index (χ2n) is 5.59. The molecule has 0 saturated carbocycles. The van der Waals surface area contributed by atoms with Crippen LogP contribution < -0.4 is 14.8 Å². The zero-order valence-corrected chi connectivity index (χ0v) is 15.6. The van der Waals surface area contributed by atoms with Crippen molar-refractivity contribution >= 4 is 29.1 Å². The Kier molecular flexibility index (Phi) is 5.68. The quantitative estimate of drug-likeness (QED) is 0.785. The fraction of sp³-hybridized carbons (Fsp3) is 0.263. The molecule has 1 N–H and O–H groups in total. The van der Waals surface area contributed by atoms with E-state index in [2.05, 4.69) is 10.5 Å². The van der Waals surface area contributed by atoms with Crippen LogP contribution in [0.5, 0.6) is 11.5 Å². The van der Waals surface area contributed by atoms with Crippen molar-refractivity contribution in [2.45, 2.75) is 17.4 Å². The second-order valence-corrected chi connectivity index (χ2v) is 6.44. The minimum atomic E-state index is -0.684. The van der Waals surface area contributed by atoms with Gasteiger partial charge >= 0.3 is 0 Å². The summed E-state index contributed by atoms with van der Waals surface area (Å²) < 4.78 is 10.6. The Balaban J connectivity index is 1.73. The van der Waals surface area contributed by atoms with Crippen LogP contribution in [0.1, 0.15) is 12.0 Å². The molecule has 0 aromatic heterocycles. The molecule has 3 rings (SSSR count). The predicted octanol–water partition coefficient (Wildman–Crippen LogP) is 3.56. The monoisotopic (exact) mass is 372 g/mol. The topological polar surface area (TPSA) is 69.1 Å². The number of anilines is 1. The lowest BCUT2D eigenvalue weighted by Gasteiger charge is -2.12. The second kappa shape index (κ2) is 8.14. The molecule has 1 aliphatic rings. The third kappa shape index (κ3) is 3.77. The van der Waals surface area contributed by atoms with Gasteiger partial charge in [0.2, 0.25) is 6.10 Å². The predicted molar refractivity (Wildman–Crippen MR) is 102 cm³/mol. The number of oxime groups is 1. The number of hydrogen-bond acceptors (Lipinski definition) is 6. The molecule has 1 unspecified atom stereocenters. The largest absolute Gasteiger partial charge is 0.497 e. The Hall–Kier alpha value is -2.67. The van der Waals surface area contributed by atoms with Gasteiger partial charge < -0.3 is 19.6 Å². The number of para-hydroxylation sites is 1. The highest BCUT2D eigenvalue weighted by atomic mass is 32.2. The highest BCUT2D eigenvalue weighted by molar-refractivity contribution is 7.98. The summed E-state index contributed by atoms with van der Waals surface area (Å²) in [6, 6.07) is 13.1. The van der Waals surface area contributed by atoms with E-state index in [4.69, 9.17) is 14.3 Å². The van der Waals surface area contributed by atoms with Crippen LogP contribution in [0.15, 0.2) is 52.5 Å².